The van der Waals surface area contributed by atoms with Crippen molar-refractivity contribution in [2.75, 3.05) is 7.11 Å². The predicted octanol–water partition coefficient (Wildman–Crippen LogP) is 11.3. The molecule has 2 atom stereocenters. The van der Waals surface area contributed by atoms with Gasteiger partial charge in [0.2, 0.25) is 0 Å². The summed E-state index contributed by atoms with van der Waals surface area (Å²) in [6.45, 7) is 3.83. The third-order valence-corrected chi connectivity index (χ3v) is 8.09. The van der Waals surface area contributed by atoms with Crippen LogP contribution in [0.25, 0.3) is 11.1 Å². The highest BCUT2D eigenvalue weighted by Gasteiger charge is 2.39. The fourth-order valence-corrected chi connectivity index (χ4v) is 5.41. The van der Waals surface area contributed by atoms with Gasteiger partial charge in [0.05, 0.1) is 23.8 Å². The lowest BCUT2D eigenvalue weighted by atomic mass is 9.92. The van der Waals surface area contributed by atoms with Gasteiger partial charge in [-0.3, -0.25) is 0 Å². The Balaban J connectivity index is 1.78. The van der Waals surface area contributed by atoms with Crippen LogP contribution in [-0.2, 0) is 41.2 Å². The van der Waals surface area contributed by atoms with Gasteiger partial charge in [0.1, 0.15) is 24.3 Å². The average molecular weight is 746 g/mol. The van der Waals surface area contributed by atoms with Crippen LogP contribution in [0.2, 0.25) is 0 Å². The second-order valence-electron chi connectivity index (χ2n) is 12.2. The number of halogens is 10. The molecule has 5 nitrogen and oxygen atoms in total. The minimum absolute atomic E-state index is 0.0121. The summed E-state index contributed by atoms with van der Waals surface area (Å²) in [5, 5.41) is 2.79. The lowest BCUT2D eigenvalue weighted by molar-refractivity contribution is -0.143. The van der Waals surface area contributed by atoms with Crippen molar-refractivity contribution in [3.05, 3.63) is 124 Å². The minimum Gasteiger partial charge on any atom is -0.496 e. The molecule has 4 aromatic carbocycles. The van der Waals surface area contributed by atoms with E-state index in [0.717, 1.165) is 24.3 Å². The van der Waals surface area contributed by atoms with E-state index in [-0.39, 0.29) is 46.6 Å². The fourth-order valence-electron chi connectivity index (χ4n) is 5.41. The molecule has 0 fully saturated rings. The molecular weight excluding hydrogens is 712 g/mol. The van der Waals surface area contributed by atoms with E-state index >= 15 is 0 Å². The summed E-state index contributed by atoms with van der Waals surface area (Å²) >= 11 is 0. The Morgan fingerprint density at radius 2 is 1.33 bits per heavy atom. The zero-order chi connectivity index (χ0) is 38.6. The van der Waals surface area contributed by atoms with Crippen LogP contribution in [0.15, 0.2) is 78.9 Å². The molecule has 0 bridgehead atoms. The minimum atomic E-state index is -5.24. The summed E-state index contributed by atoms with van der Waals surface area (Å²) in [6.07, 6.45) is -18.6. The van der Waals surface area contributed by atoms with Gasteiger partial charge < -0.3 is 19.5 Å². The molecular formula is C37H33F10NO4. The molecule has 0 aliphatic rings. The van der Waals surface area contributed by atoms with Crippen LogP contribution in [0.1, 0.15) is 71.7 Å². The zero-order valence-corrected chi connectivity index (χ0v) is 28.1. The van der Waals surface area contributed by atoms with Crippen molar-refractivity contribution in [1.82, 2.24) is 5.32 Å². The summed E-state index contributed by atoms with van der Waals surface area (Å²) in [4.78, 5) is 12.8. The molecule has 0 aliphatic carbocycles. The maximum absolute atomic E-state index is 14.8. The third-order valence-electron chi connectivity index (χ3n) is 8.09. The molecule has 15 heteroatoms. The Labute approximate surface area is 292 Å². The summed E-state index contributed by atoms with van der Waals surface area (Å²) in [5.41, 5.74) is -4.10. The summed E-state index contributed by atoms with van der Waals surface area (Å²) in [6, 6.07) is 12.7. The molecule has 0 heterocycles. The predicted molar refractivity (Wildman–Crippen MR) is 171 cm³/mol. The van der Waals surface area contributed by atoms with Gasteiger partial charge in [-0.1, -0.05) is 50.2 Å². The molecule has 0 amide bonds. The number of carbonyl (C=O) groups excluding carboxylic acids is 1. The number of hydrogen-bond acceptors (Lipinski definition) is 5. The number of methoxy groups -OCH3 is 1. The Hall–Kier alpha value is -4.79. The topological polar surface area (TPSA) is 56.8 Å². The highest BCUT2D eigenvalue weighted by atomic mass is 19.4. The van der Waals surface area contributed by atoms with Crippen LogP contribution in [0.3, 0.4) is 0 Å². The molecule has 1 N–H and O–H groups in total. The number of ether oxygens (including phenoxy) is 3. The number of alkyl halides is 9. The molecule has 0 saturated heterocycles. The van der Waals surface area contributed by atoms with Crippen molar-refractivity contribution in [1.29, 1.82) is 0 Å². The molecule has 0 radical (unpaired) electrons. The van der Waals surface area contributed by atoms with E-state index in [1.54, 1.807) is 44.2 Å². The number of hydrogen-bond donors (Lipinski definition) is 1. The highest BCUT2D eigenvalue weighted by molar-refractivity contribution is 5.75. The molecule has 52 heavy (non-hydrogen) atoms. The average Bonchev–Trinajstić information content (AvgIpc) is 3.07. The van der Waals surface area contributed by atoms with E-state index in [4.69, 9.17) is 14.2 Å². The van der Waals surface area contributed by atoms with E-state index in [2.05, 4.69) is 5.32 Å². The van der Waals surface area contributed by atoms with Crippen LogP contribution in [0.5, 0.6) is 5.75 Å². The van der Waals surface area contributed by atoms with Crippen molar-refractivity contribution in [3.8, 4) is 16.9 Å². The molecule has 280 valence electrons. The molecule has 4 aromatic rings. The standard InChI is InChI=1S/C37H33F10NO4/c1-20(2)29-16-30(32(50-4)17-31(29)38)28-11-10-25(35(39,40)41)14-24(28)18-48-21(3)33(52-34(49)51-19-22-8-6-5-7-9-22)23-12-26(36(42,43)44)15-27(13-23)37(45,46)47/h5-17,20-21,33,48H,18-19H2,1-4H3/t21-,33-/m0/s1. The van der Waals surface area contributed by atoms with Crippen LogP contribution in [0.4, 0.5) is 48.7 Å². The maximum Gasteiger partial charge on any atom is 0.509 e. The highest BCUT2D eigenvalue weighted by Crippen LogP contribution is 2.41. The first-order valence-corrected chi connectivity index (χ1v) is 15.7. The van der Waals surface area contributed by atoms with Crippen LogP contribution < -0.4 is 10.1 Å². The van der Waals surface area contributed by atoms with Gasteiger partial charge in [-0.05, 0) is 77.1 Å². The Morgan fingerprint density at radius 1 is 0.731 bits per heavy atom. The van der Waals surface area contributed by atoms with Gasteiger partial charge in [-0.25, -0.2) is 9.18 Å². The first kappa shape index (κ1) is 40.0. The normalized spacial score (nSPS) is 13.5. The molecule has 0 spiro atoms. The molecule has 0 aromatic heterocycles. The first-order valence-electron chi connectivity index (χ1n) is 15.7. The summed E-state index contributed by atoms with van der Waals surface area (Å²) < 4.78 is 155. The van der Waals surface area contributed by atoms with Crippen molar-refractivity contribution in [2.45, 2.75) is 70.5 Å². The van der Waals surface area contributed by atoms with E-state index in [1.165, 1.54) is 20.1 Å². The largest absolute Gasteiger partial charge is 0.509 e. The number of benzene rings is 4. The van der Waals surface area contributed by atoms with Crippen LogP contribution >= 0.6 is 0 Å². The summed E-state index contributed by atoms with van der Waals surface area (Å²) in [7, 11) is 1.24. The third kappa shape index (κ3) is 9.96. The molecule has 0 aliphatic heterocycles. The van der Waals surface area contributed by atoms with Gasteiger partial charge in [-0.2, -0.15) is 39.5 Å². The van der Waals surface area contributed by atoms with Crippen molar-refractivity contribution < 1.29 is 62.9 Å². The van der Waals surface area contributed by atoms with Gasteiger partial charge in [0.15, 0.2) is 0 Å². The smallest absolute Gasteiger partial charge is 0.496 e. The van der Waals surface area contributed by atoms with Crippen molar-refractivity contribution in [2.24, 2.45) is 0 Å². The Bertz CT molecular complexity index is 1820. The Morgan fingerprint density at radius 3 is 1.87 bits per heavy atom. The lowest BCUT2D eigenvalue weighted by Gasteiger charge is -2.27. The van der Waals surface area contributed by atoms with Gasteiger partial charge in [0, 0.05) is 24.2 Å². The maximum atomic E-state index is 14.8. The van der Waals surface area contributed by atoms with E-state index in [9.17, 15) is 48.7 Å². The van der Waals surface area contributed by atoms with Crippen LogP contribution in [0, 0.1) is 5.82 Å². The monoisotopic (exact) mass is 745 g/mol. The number of carbonyl (C=O) groups is 1. The van der Waals surface area contributed by atoms with Crippen LogP contribution in [-0.4, -0.2) is 19.3 Å². The first-order chi connectivity index (χ1) is 24.2. The van der Waals surface area contributed by atoms with Crippen molar-refractivity contribution >= 4 is 6.16 Å². The summed E-state index contributed by atoms with van der Waals surface area (Å²) in [5.74, 6) is -0.967. The molecule has 4 rings (SSSR count). The van der Waals surface area contributed by atoms with E-state index in [0.29, 0.717) is 17.7 Å². The SMILES string of the molecule is COc1cc(F)c(C(C)C)cc1-c1ccc(C(F)(F)F)cc1CN[C@@H](C)[C@H](OC(=O)OCc1ccccc1)c1cc(C(F)(F)F)cc(C(F)(F)F)c1. The van der Waals surface area contributed by atoms with Crippen molar-refractivity contribution in [3.63, 3.8) is 0 Å². The van der Waals surface area contributed by atoms with E-state index in [1.807, 2.05) is 0 Å². The number of nitrogens with one attached hydrogen (secondary N) is 1. The quantitative estimate of drug-likeness (QED) is 0.122. The lowest BCUT2D eigenvalue weighted by Crippen LogP contribution is -2.35. The van der Waals surface area contributed by atoms with E-state index < -0.39 is 71.4 Å². The zero-order valence-electron chi connectivity index (χ0n) is 28.1. The van der Waals surface area contributed by atoms with Gasteiger partial charge in [-0.15, -0.1) is 0 Å². The Kier molecular flexibility index (Phi) is 12.2. The fraction of sp³-hybridized carbons (Fsp3) is 0.324. The van der Waals surface area contributed by atoms with Gasteiger partial charge >= 0.3 is 24.7 Å². The second kappa shape index (κ2) is 15.8. The number of rotatable bonds is 11. The van der Waals surface area contributed by atoms with Gasteiger partial charge in [0.25, 0.3) is 0 Å². The molecule has 0 saturated carbocycles. The second-order valence-corrected chi connectivity index (χ2v) is 12.2. The molecule has 0 unspecified atom stereocenters.